The first-order valence-electron chi connectivity index (χ1n) is 10.5. The van der Waals surface area contributed by atoms with Crippen molar-refractivity contribution in [3.63, 3.8) is 0 Å². The molecule has 1 fully saturated rings. The van der Waals surface area contributed by atoms with Crippen LogP contribution in [-0.4, -0.2) is 41.7 Å². The Balaban J connectivity index is 1.24. The minimum Gasteiger partial charge on any atom is -0.494 e. The van der Waals surface area contributed by atoms with Crippen LogP contribution in [0.2, 0.25) is 0 Å². The molecule has 0 saturated carbocycles. The fourth-order valence-corrected chi connectivity index (χ4v) is 4.27. The Morgan fingerprint density at radius 3 is 2.67 bits per heavy atom. The highest BCUT2D eigenvalue weighted by atomic mass is 32.1. The third-order valence-corrected chi connectivity index (χ3v) is 6.07. The van der Waals surface area contributed by atoms with E-state index in [1.165, 1.54) is 0 Å². The summed E-state index contributed by atoms with van der Waals surface area (Å²) in [6, 6.07) is 15.5. The normalized spacial score (nSPS) is 14.6. The summed E-state index contributed by atoms with van der Waals surface area (Å²) < 4.78 is 12.9. The quantitative estimate of drug-likeness (QED) is 0.504. The fraction of sp³-hybridized carbons (Fsp3) is 0.391. The number of benzene rings is 2. The second kappa shape index (κ2) is 9.80. The number of aromatic nitrogens is 1. The standard InChI is InChI=1S/C23H27N3O3S/c1-2-3-16-28-18-10-8-17(9-11-18)24-22(27)26-14-12-19(13-15-26)29-23-25-20-6-4-5-7-21(20)30-23/h4-11,19H,2-3,12-16H2,1H3,(H,24,27). The minimum atomic E-state index is -0.0758. The van der Waals surface area contributed by atoms with Gasteiger partial charge in [-0.25, -0.2) is 9.78 Å². The van der Waals surface area contributed by atoms with Crippen molar-refractivity contribution in [1.29, 1.82) is 0 Å². The van der Waals surface area contributed by atoms with E-state index in [-0.39, 0.29) is 12.1 Å². The number of nitrogens with zero attached hydrogens (tertiary/aromatic N) is 2. The van der Waals surface area contributed by atoms with Gasteiger partial charge in [-0.3, -0.25) is 0 Å². The third-order valence-electron chi connectivity index (χ3n) is 5.14. The second-order valence-corrected chi connectivity index (χ2v) is 8.40. The van der Waals surface area contributed by atoms with Crippen LogP contribution in [0.25, 0.3) is 10.2 Å². The van der Waals surface area contributed by atoms with Crippen LogP contribution in [0.5, 0.6) is 10.9 Å². The number of likely N-dealkylation sites (tertiary alicyclic amines) is 1. The van der Waals surface area contributed by atoms with Crippen molar-refractivity contribution < 1.29 is 14.3 Å². The maximum Gasteiger partial charge on any atom is 0.321 e. The Bertz CT molecular complexity index is 932. The van der Waals surface area contributed by atoms with E-state index in [9.17, 15) is 4.79 Å². The third kappa shape index (κ3) is 5.21. The lowest BCUT2D eigenvalue weighted by atomic mass is 10.1. The Labute approximate surface area is 180 Å². The molecule has 2 heterocycles. The molecule has 1 aliphatic heterocycles. The number of unbranched alkanes of at least 4 members (excludes halogenated alkanes) is 1. The number of carbonyl (C=O) groups is 1. The maximum atomic E-state index is 12.6. The summed E-state index contributed by atoms with van der Waals surface area (Å²) in [4.78, 5) is 19.0. The van der Waals surface area contributed by atoms with Crippen molar-refractivity contribution in [2.24, 2.45) is 0 Å². The summed E-state index contributed by atoms with van der Waals surface area (Å²) in [5.74, 6) is 0.828. The van der Waals surface area contributed by atoms with Gasteiger partial charge in [0.05, 0.1) is 16.8 Å². The Hall–Kier alpha value is -2.80. The molecule has 3 aromatic rings. The molecule has 1 aromatic heterocycles. The summed E-state index contributed by atoms with van der Waals surface area (Å²) in [6.45, 7) is 4.19. The molecule has 4 rings (SSSR count). The van der Waals surface area contributed by atoms with E-state index < -0.39 is 0 Å². The number of ether oxygens (including phenoxy) is 2. The van der Waals surface area contributed by atoms with Gasteiger partial charge in [-0.15, -0.1) is 0 Å². The van der Waals surface area contributed by atoms with Crippen molar-refractivity contribution in [1.82, 2.24) is 9.88 Å². The number of nitrogens with one attached hydrogen (secondary N) is 1. The van der Waals surface area contributed by atoms with Crippen LogP contribution in [0.4, 0.5) is 10.5 Å². The molecule has 30 heavy (non-hydrogen) atoms. The van der Waals surface area contributed by atoms with E-state index in [0.717, 1.165) is 53.9 Å². The van der Waals surface area contributed by atoms with Crippen LogP contribution < -0.4 is 14.8 Å². The summed E-state index contributed by atoms with van der Waals surface area (Å²) in [5, 5.41) is 3.68. The van der Waals surface area contributed by atoms with Gasteiger partial charge in [0.15, 0.2) is 0 Å². The van der Waals surface area contributed by atoms with Crippen molar-refractivity contribution >= 4 is 33.3 Å². The van der Waals surface area contributed by atoms with Crippen LogP contribution in [0.3, 0.4) is 0 Å². The molecule has 2 aromatic carbocycles. The van der Waals surface area contributed by atoms with Gasteiger partial charge >= 0.3 is 6.03 Å². The molecular formula is C23H27N3O3S. The van der Waals surface area contributed by atoms with Gasteiger partial charge < -0.3 is 19.7 Å². The van der Waals surface area contributed by atoms with E-state index in [1.54, 1.807) is 11.3 Å². The number of urea groups is 1. The molecule has 0 bridgehead atoms. The van der Waals surface area contributed by atoms with Crippen LogP contribution in [0, 0.1) is 0 Å². The van der Waals surface area contributed by atoms with Crippen LogP contribution in [-0.2, 0) is 0 Å². The van der Waals surface area contributed by atoms with Crippen LogP contribution in [0.15, 0.2) is 48.5 Å². The van der Waals surface area contributed by atoms with Gasteiger partial charge in [-0.2, -0.15) is 0 Å². The number of hydrogen-bond acceptors (Lipinski definition) is 5. The molecule has 1 aliphatic rings. The molecule has 1 saturated heterocycles. The Kier molecular flexibility index (Phi) is 6.69. The molecule has 0 atom stereocenters. The van der Waals surface area contributed by atoms with Crippen molar-refractivity contribution in [2.75, 3.05) is 25.0 Å². The molecule has 2 amide bonds. The first-order valence-corrected chi connectivity index (χ1v) is 11.3. The van der Waals surface area contributed by atoms with Crippen molar-refractivity contribution in [3.05, 3.63) is 48.5 Å². The highest BCUT2D eigenvalue weighted by Gasteiger charge is 2.24. The average molecular weight is 426 g/mol. The lowest BCUT2D eigenvalue weighted by Crippen LogP contribution is -2.43. The molecule has 0 unspecified atom stereocenters. The highest BCUT2D eigenvalue weighted by molar-refractivity contribution is 7.20. The molecule has 0 spiro atoms. The van der Waals surface area contributed by atoms with Crippen LogP contribution >= 0.6 is 11.3 Å². The number of fused-ring (bicyclic) bond motifs is 1. The smallest absolute Gasteiger partial charge is 0.321 e. The lowest BCUT2D eigenvalue weighted by Gasteiger charge is -2.31. The van der Waals surface area contributed by atoms with Gasteiger partial charge in [-0.05, 0) is 42.8 Å². The molecule has 6 nitrogen and oxygen atoms in total. The zero-order valence-electron chi connectivity index (χ0n) is 17.2. The second-order valence-electron chi connectivity index (χ2n) is 7.41. The highest BCUT2D eigenvalue weighted by Crippen LogP contribution is 2.29. The summed E-state index contributed by atoms with van der Waals surface area (Å²) in [5.41, 5.74) is 1.74. The lowest BCUT2D eigenvalue weighted by molar-refractivity contribution is 0.115. The number of anilines is 1. The first kappa shape index (κ1) is 20.5. The average Bonchev–Trinajstić information content (AvgIpc) is 3.18. The van der Waals surface area contributed by atoms with Crippen LogP contribution in [0.1, 0.15) is 32.6 Å². The molecule has 0 radical (unpaired) electrons. The number of amides is 2. The van der Waals surface area contributed by atoms with E-state index >= 15 is 0 Å². The number of piperidine rings is 1. The predicted molar refractivity (Wildman–Crippen MR) is 121 cm³/mol. The van der Waals surface area contributed by atoms with Crippen molar-refractivity contribution in [3.8, 4) is 10.9 Å². The van der Waals surface area contributed by atoms with Gasteiger partial charge in [0.2, 0.25) is 0 Å². The summed E-state index contributed by atoms with van der Waals surface area (Å²) in [7, 11) is 0. The monoisotopic (exact) mass is 425 g/mol. The molecule has 7 heteroatoms. The van der Waals surface area contributed by atoms with Gasteiger partial charge in [0, 0.05) is 31.6 Å². The summed E-state index contributed by atoms with van der Waals surface area (Å²) in [6.07, 6.45) is 3.84. The predicted octanol–water partition coefficient (Wildman–Crippen LogP) is 5.55. The van der Waals surface area contributed by atoms with Gasteiger partial charge in [0.1, 0.15) is 11.9 Å². The topological polar surface area (TPSA) is 63.7 Å². The van der Waals surface area contributed by atoms with E-state index in [2.05, 4.69) is 23.3 Å². The molecule has 158 valence electrons. The number of para-hydroxylation sites is 1. The summed E-state index contributed by atoms with van der Waals surface area (Å²) >= 11 is 1.57. The fourth-order valence-electron chi connectivity index (χ4n) is 3.39. The Morgan fingerprint density at radius 1 is 1.17 bits per heavy atom. The van der Waals surface area contributed by atoms with E-state index in [0.29, 0.717) is 18.3 Å². The van der Waals surface area contributed by atoms with Gasteiger partial charge in [0.25, 0.3) is 5.19 Å². The molecular weight excluding hydrogens is 398 g/mol. The van der Waals surface area contributed by atoms with Gasteiger partial charge in [-0.1, -0.05) is 36.8 Å². The zero-order valence-corrected chi connectivity index (χ0v) is 18.0. The number of thiazole rings is 1. The zero-order chi connectivity index (χ0) is 20.8. The largest absolute Gasteiger partial charge is 0.494 e. The molecule has 1 N–H and O–H groups in total. The van der Waals surface area contributed by atoms with E-state index in [1.807, 2.05) is 47.4 Å². The first-order chi connectivity index (χ1) is 14.7. The maximum absolute atomic E-state index is 12.6. The number of carbonyl (C=O) groups excluding carboxylic acids is 1. The Morgan fingerprint density at radius 2 is 1.93 bits per heavy atom. The van der Waals surface area contributed by atoms with Crippen molar-refractivity contribution in [2.45, 2.75) is 38.7 Å². The SMILES string of the molecule is CCCCOc1ccc(NC(=O)N2CCC(Oc3nc4ccccc4s3)CC2)cc1. The number of rotatable bonds is 7. The molecule has 0 aliphatic carbocycles. The number of hydrogen-bond donors (Lipinski definition) is 1. The minimum absolute atomic E-state index is 0.0758. The van der Waals surface area contributed by atoms with E-state index in [4.69, 9.17) is 9.47 Å².